The fourth-order valence-electron chi connectivity index (χ4n) is 1.34. The van der Waals surface area contributed by atoms with Crippen molar-refractivity contribution in [1.29, 1.82) is 0 Å². The molecule has 18 heavy (non-hydrogen) atoms. The number of carbonyl (C=O) groups is 1. The van der Waals surface area contributed by atoms with Gasteiger partial charge in [0.2, 0.25) is 5.91 Å². The Bertz CT molecular complexity index is 415. The molecule has 0 bridgehead atoms. The van der Waals surface area contributed by atoms with Crippen molar-refractivity contribution in [2.75, 3.05) is 25.6 Å². The van der Waals surface area contributed by atoms with Crippen molar-refractivity contribution in [3.63, 3.8) is 0 Å². The largest absolute Gasteiger partial charge is 0.383 e. The lowest BCUT2D eigenvalue weighted by Crippen LogP contribution is -2.39. The van der Waals surface area contributed by atoms with Gasteiger partial charge in [-0.2, -0.15) is 0 Å². The Morgan fingerprint density at radius 1 is 1.56 bits per heavy atom. The van der Waals surface area contributed by atoms with Gasteiger partial charge in [0.25, 0.3) is 0 Å². The average Bonchev–Trinajstić information content (AvgIpc) is 2.34. The maximum absolute atomic E-state index is 13.4. The van der Waals surface area contributed by atoms with Crippen LogP contribution < -0.4 is 10.6 Å². The molecule has 1 aromatic carbocycles. The molecule has 100 valence electrons. The standard InChI is InChI=1S/C12H16ClFN2O2/c1-8(12(17)15-5-6-18-2)16-11-7-9(13)3-4-10(11)14/h3-4,7-8,16H,5-6H2,1-2H3,(H,15,17). The van der Waals surface area contributed by atoms with Crippen LogP contribution in [0.3, 0.4) is 0 Å². The molecule has 1 unspecified atom stereocenters. The quantitative estimate of drug-likeness (QED) is 0.781. The van der Waals surface area contributed by atoms with Crippen LogP contribution >= 0.6 is 11.6 Å². The van der Waals surface area contributed by atoms with Crippen LogP contribution in [0.4, 0.5) is 10.1 Å². The van der Waals surface area contributed by atoms with Crippen LogP contribution in [-0.2, 0) is 9.53 Å². The van der Waals surface area contributed by atoms with E-state index in [1.54, 1.807) is 14.0 Å². The number of anilines is 1. The van der Waals surface area contributed by atoms with Gasteiger partial charge < -0.3 is 15.4 Å². The van der Waals surface area contributed by atoms with Gasteiger partial charge in [-0.15, -0.1) is 0 Å². The molecule has 6 heteroatoms. The van der Waals surface area contributed by atoms with Crippen LogP contribution in [0.1, 0.15) is 6.92 Å². The minimum absolute atomic E-state index is 0.205. The van der Waals surface area contributed by atoms with Crippen LogP contribution in [-0.4, -0.2) is 32.2 Å². The molecule has 1 aromatic rings. The zero-order valence-corrected chi connectivity index (χ0v) is 11.1. The first-order chi connectivity index (χ1) is 8.54. The molecule has 0 heterocycles. The zero-order valence-electron chi connectivity index (χ0n) is 10.3. The van der Waals surface area contributed by atoms with Crippen molar-refractivity contribution < 1.29 is 13.9 Å². The summed E-state index contributed by atoms with van der Waals surface area (Å²) >= 11 is 5.76. The Hall–Kier alpha value is -1.33. The summed E-state index contributed by atoms with van der Waals surface area (Å²) in [6, 6.07) is 3.58. The van der Waals surface area contributed by atoms with Gasteiger partial charge >= 0.3 is 0 Å². The molecule has 4 nitrogen and oxygen atoms in total. The number of hydrogen-bond donors (Lipinski definition) is 2. The van der Waals surface area contributed by atoms with Crippen LogP contribution in [0.5, 0.6) is 0 Å². The monoisotopic (exact) mass is 274 g/mol. The topological polar surface area (TPSA) is 50.4 Å². The van der Waals surface area contributed by atoms with Crippen molar-refractivity contribution in [1.82, 2.24) is 5.32 Å². The molecule has 1 atom stereocenters. The highest BCUT2D eigenvalue weighted by Gasteiger charge is 2.14. The smallest absolute Gasteiger partial charge is 0.242 e. The van der Waals surface area contributed by atoms with Crippen molar-refractivity contribution in [2.45, 2.75) is 13.0 Å². The number of amides is 1. The Morgan fingerprint density at radius 2 is 2.28 bits per heavy atom. The van der Waals surface area contributed by atoms with Crippen molar-refractivity contribution in [2.24, 2.45) is 0 Å². The molecule has 0 spiro atoms. The molecule has 0 aliphatic rings. The summed E-state index contributed by atoms with van der Waals surface area (Å²) in [6.45, 7) is 2.49. The summed E-state index contributed by atoms with van der Waals surface area (Å²) in [4.78, 5) is 11.6. The van der Waals surface area contributed by atoms with E-state index < -0.39 is 11.9 Å². The lowest BCUT2D eigenvalue weighted by Gasteiger charge is -2.15. The molecule has 0 saturated heterocycles. The molecule has 1 rings (SSSR count). The number of rotatable bonds is 6. The van der Waals surface area contributed by atoms with E-state index in [0.29, 0.717) is 18.2 Å². The summed E-state index contributed by atoms with van der Waals surface area (Å²) in [5, 5.41) is 5.83. The van der Waals surface area contributed by atoms with Gasteiger partial charge in [0.15, 0.2) is 0 Å². The first kappa shape index (κ1) is 14.7. The summed E-state index contributed by atoms with van der Waals surface area (Å²) in [6.07, 6.45) is 0. The summed E-state index contributed by atoms with van der Waals surface area (Å²) in [7, 11) is 1.55. The molecular formula is C12H16ClFN2O2. The summed E-state index contributed by atoms with van der Waals surface area (Å²) in [5.74, 6) is -0.678. The lowest BCUT2D eigenvalue weighted by molar-refractivity contribution is -0.121. The van der Waals surface area contributed by atoms with Gasteiger partial charge in [-0.05, 0) is 25.1 Å². The van der Waals surface area contributed by atoms with Crippen molar-refractivity contribution >= 4 is 23.2 Å². The second-order valence-corrected chi connectivity index (χ2v) is 4.21. The minimum atomic E-state index is -0.560. The van der Waals surface area contributed by atoms with Crippen LogP contribution in [0.25, 0.3) is 0 Å². The highest BCUT2D eigenvalue weighted by Crippen LogP contribution is 2.20. The SMILES string of the molecule is COCCNC(=O)C(C)Nc1cc(Cl)ccc1F. The third kappa shape index (κ3) is 4.50. The number of carbonyl (C=O) groups excluding carboxylic acids is 1. The van der Waals surface area contributed by atoms with E-state index in [2.05, 4.69) is 10.6 Å². The number of halogens is 2. The van der Waals surface area contributed by atoms with Gasteiger partial charge in [-0.3, -0.25) is 4.79 Å². The zero-order chi connectivity index (χ0) is 13.5. The van der Waals surface area contributed by atoms with Gasteiger partial charge in [0.1, 0.15) is 11.9 Å². The Labute approximate surface area is 110 Å². The minimum Gasteiger partial charge on any atom is -0.383 e. The molecule has 0 saturated carbocycles. The highest BCUT2D eigenvalue weighted by atomic mass is 35.5. The van der Waals surface area contributed by atoms with Gasteiger partial charge in [0.05, 0.1) is 12.3 Å². The fraction of sp³-hybridized carbons (Fsp3) is 0.417. The Kier molecular flexibility index (Phi) is 5.88. The number of hydrogen-bond acceptors (Lipinski definition) is 3. The van der Waals surface area contributed by atoms with Crippen molar-refractivity contribution in [3.8, 4) is 0 Å². The number of nitrogens with one attached hydrogen (secondary N) is 2. The molecule has 0 fully saturated rings. The van der Waals surface area contributed by atoms with Crippen molar-refractivity contribution in [3.05, 3.63) is 29.0 Å². The van der Waals surface area contributed by atoms with E-state index in [9.17, 15) is 9.18 Å². The van der Waals surface area contributed by atoms with Crippen LogP contribution in [0.2, 0.25) is 5.02 Å². The maximum Gasteiger partial charge on any atom is 0.242 e. The normalized spacial score (nSPS) is 12.0. The number of benzene rings is 1. The van der Waals surface area contributed by atoms with E-state index in [-0.39, 0.29) is 11.6 Å². The lowest BCUT2D eigenvalue weighted by atomic mass is 10.2. The summed E-state index contributed by atoms with van der Waals surface area (Å²) < 4.78 is 18.2. The maximum atomic E-state index is 13.4. The van der Waals surface area contributed by atoms with E-state index in [1.807, 2.05) is 0 Å². The first-order valence-corrected chi connectivity index (χ1v) is 5.90. The Balaban J connectivity index is 2.55. The number of methoxy groups -OCH3 is 1. The molecule has 0 aliphatic heterocycles. The highest BCUT2D eigenvalue weighted by molar-refractivity contribution is 6.30. The predicted molar refractivity (Wildman–Crippen MR) is 69.4 cm³/mol. The Morgan fingerprint density at radius 3 is 2.94 bits per heavy atom. The van der Waals surface area contributed by atoms with E-state index in [0.717, 1.165) is 0 Å². The van der Waals surface area contributed by atoms with Gasteiger partial charge in [-0.25, -0.2) is 4.39 Å². The second kappa shape index (κ2) is 7.18. The second-order valence-electron chi connectivity index (χ2n) is 3.77. The predicted octanol–water partition coefficient (Wildman–Crippen LogP) is 2.04. The van der Waals surface area contributed by atoms with Gasteiger partial charge in [0, 0.05) is 18.7 Å². The van der Waals surface area contributed by atoms with Gasteiger partial charge in [-0.1, -0.05) is 11.6 Å². The van der Waals surface area contributed by atoms with Crippen LogP contribution in [0.15, 0.2) is 18.2 Å². The molecule has 1 amide bonds. The molecular weight excluding hydrogens is 259 g/mol. The van der Waals surface area contributed by atoms with Crippen LogP contribution in [0, 0.1) is 5.82 Å². The fourth-order valence-corrected chi connectivity index (χ4v) is 1.51. The summed E-state index contributed by atoms with van der Waals surface area (Å²) in [5.41, 5.74) is 0.205. The third-order valence-electron chi connectivity index (χ3n) is 2.30. The average molecular weight is 275 g/mol. The van der Waals surface area contributed by atoms with E-state index in [1.165, 1.54) is 18.2 Å². The van der Waals surface area contributed by atoms with E-state index in [4.69, 9.17) is 16.3 Å². The van der Waals surface area contributed by atoms with E-state index >= 15 is 0 Å². The molecule has 0 radical (unpaired) electrons. The molecule has 2 N–H and O–H groups in total. The first-order valence-electron chi connectivity index (χ1n) is 5.53. The number of ether oxygens (including phenoxy) is 1. The molecule has 0 aliphatic carbocycles. The molecule has 0 aromatic heterocycles. The third-order valence-corrected chi connectivity index (χ3v) is 2.53.